The summed E-state index contributed by atoms with van der Waals surface area (Å²) in [6, 6.07) is 16.3. The predicted octanol–water partition coefficient (Wildman–Crippen LogP) is 1.73. The Morgan fingerprint density at radius 1 is 0.966 bits per heavy atom. The molecule has 156 valence electrons. The fraction of sp³-hybridized carbons (Fsp3) is 0.409. The molecule has 1 aliphatic rings. The molecule has 1 atom stereocenters. The van der Waals surface area contributed by atoms with Crippen LogP contribution in [0.3, 0.4) is 0 Å². The predicted molar refractivity (Wildman–Crippen MR) is 115 cm³/mol. The maximum Gasteiger partial charge on any atom is 0.282 e. The monoisotopic (exact) mass is 416 g/mol. The molecule has 1 aliphatic heterocycles. The molecular formula is C22H30N3O3S+. The summed E-state index contributed by atoms with van der Waals surface area (Å²) in [6.45, 7) is 8.09. The molecule has 7 heteroatoms. The van der Waals surface area contributed by atoms with Gasteiger partial charge in [0.1, 0.15) is 0 Å². The molecule has 1 saturated heterocycles. The van der Waals surface area contributed by atoms with Crippen LogP contribution in [0.4, 0.5) is 5.69 Å². The van der Waals surface area contributed by atoms with Crippen molar-refractivity contribution in [3.63, 3.8) is 0 Å². The fourth-order valence-electron chi connectivity index (χ4n) is 3.58. The molecule has 0 aromatic heterocycles. The number of para-hydroxylation sites is 1. The number of hydrogen-bond donors (Lipinski definition) is 2. The Bertz CT molecular complexity index is 920. The molecule has 2 aromatic rings. The van der Waals surface area contributed by atoms with Gasteiger partial charge in [0.25, 0.3) is 5.91 Å². The van der Waals surface area contributed by atoms with Gasteiger partial charge in [-0.25, -0.2) is 8.42 Å². The maximum atomic E-state index is 13.0. The Hall–Kier alpha value is -2.22. The lowest BCUT2D eigenvalue weighted by atomic mass is 10.0. The molecule has 3 rings (SSSR count). The largest absolute Gasteiger partial charge is 0.323 e. The number of amides is 1. The van der Waals surface area contributed by atoms with Gasteiger partial charge in [0.15, 0.2) is 6.04 Å². The van der Waals surface area contributed by atoms with E-state index in [1.54, 1.807) is 12.1 Å². The molecular weight excluding hydrogens is 386 g/mol. The van der Waals surface area contributed by atoms with Crippen molar-refractivity contribution in [2.45, 2.75) is 37.6 Å². The van der Waals surface area contributed by atoms with Crippen LogP contribution in [0.5, 0.6) is 0 Å². The number of piperazine rings is 1. The van der Waals surface area contributed by atoms with Gasteiger partial charge in [-0.3, -0.25) is 4.79 Å². The van der Waals surface area contributed by atoms with Crippen LogP contribution in [-0.4, -0.2) is 50.9 Å². The summed E-state index contributed by atoms with van der Waals surface area (Å²) in [7, 11) is -3.50. The van der Waals surface area contributed by atoms with Crippen molar-refractivity contribution in [2.75, 3.05) is 31.5 Å². The summed E-state index contributed by atoms with van der Waals surface area (Å²) in [6.07, 6.45) is 0. The highest BCUT2D eigenvalue weighted by molar-refractivity contribution is 7.89. The van der Waals surface area contributed by atoms with E-state index in [2.05, 4.69) is 19.2 Å². The number of carbonyl (C=O) groups is 1. The Balaban J connectivity index is 1.59. The summed E-state index contributed by atoms with van der Waals surface area (Å²) in [5, 5.41) is 2.93. The Morgan fingerprint density at radius 2 is 1.55 bits per heavy atom. The molecule has 0 saturated carbocycles. The Morgan fingerprint density at radius 3 is 2.10 bits per heavy atom. The minimum atomic E-state index is -3.50. The molecule has 0 radical (unpaired) electrons. The third-order valence-corrected chi connectivity index (χ3v) is 7.51. The first-order valence-corrected chi connectivity index (χ1v) is 11.5. The van der Waals surface area contributed by atoms with Crippen molar-refractivity contribution in [1.29, 1.82) is 0 Å². The summed E-state index contributed by atoms with van der Waals surface area (Å²) in [5.41, 5.74) is 1.89. The van der Waals surface area contributed by atoms with Crippen molar-refractivity contribution in [2.24, 2.45) is 0 Å². The van der Waals surface area contributed by atoms with Gasteiger partial charge >= 0.3 is 0 Å². The van der Waals surface area contributed by atoms with E-state index in [1.807, 2.05) is 49.4 Å². The van der Waals surface area contributed by atoms with Crippen LogP contribution in [0, 0.1) is 0 Å². The van der Waals surface area contributed by atoms with E-state index in [-0.39, 0.29) is 11.9 Å². The number of sulfonamides is 1. The summed E-state index contributed by atoms with van der Waals surface area (Å²) >= 11 is 0. The second kappa shape index (κ2) is 9.07. The molecule has 2 N–H and O–H groups in total. The lowest BCUT2D eigenvalue weighted by molar-refractivity contribution is -0.917. The highest BCUT2D eigenvalue weighted by Gasteiger charge is 2.34. The lowest BCUT2D eigenvalue weighted by Gasteiger charge is -2.34. The van der Waals surface area contributed by atoms with Crippen molar-refractivity contribution in [3.05, 3.63) is 60.2 Å². The van der Waals surface area contributed by atoms with Crippen molar-refractivity contribution in [1.82, 2.24) is 4.31 Å². The van der Waals surface area contributed by atoms with Gasteiger partial charge in [0.2, 0.25) is 10.0 Å². The van der Waals surface area contributed by atoms with Crippen molar-refractivity contribution < 1.29 is 18.1 Å². The normalized spacial score (nSPS) is 17.2. The van der Waals surface area contributed by atoms with E-state index in [0.29, 0.717) is 37.0 Å². The summed E-state index contributed by atoms with van der Waals surface area (Å²) < 4.78 is 27.4. The van der Waals surface area contributed by atoms with Gasteiger partial charge in [-0.15, -0.1) is 0 Å². The minimum Gasteiger partial charge on any atom is -0.323 e. The zero-order valence-electron chi connectivity index (χ0n) is 17.3. The van der Waals surface area contributed by atoms with Crippen LogP contribution in [-0.2, 0) is 14.8 Å². The number of benzene rings is 2. The summed E-state index contributed by atoms with van der Waals surface area (Å²) in [5.74, 6) is 0.314. The van der Waals surface area contributed by atoms with Gasteiger partial charge < -0.3 is 10.2 Å². The number of anilines is 1. The van der Waals surface area contributed by atoms with E-state index in [4.69, 9.17) is 0 Å². The number of quaternary nitrogens is 1. The van der Waals surface area contributed by atoms with Gasteiger partial charge in [-0.05, 0) is 42.7 Å². The first-order chi connectivity index (χ1) is 13.8. The highest BCUT2D eigenvalue weighted by Crippen LogP contribution is 2.20. The molecule has 0 unspecified atom stereocenters. The summed E-state index contributed by atoms with van der Waals surface area (Å²) in [4.78, 5) is 14.0. The first kappa shape index (κ1) is 21.5. The first-order valence-electron chi connectivity index (χ1n) is 10.1. The second-order valence-electron chi connectivity index (χ2n) is 7.86. The molecule has 1 amide bonds. The molecule has 0 bridgehead atoms. The Kier molecular flexibility index (Phi) is 6.72. The van der Waals surface area contributed by atoms with Crippen LogP contribution in [0.2, 0.25) is 0 Å². The third-order valence-electron chi connectivity index (χ3n) is 5.60. The molecule has 2 aromatic carbocycles. The quantitative estimate of drug-likeness (QED) is 0.753. The lowest BCUT2D eigenvalue weighted by Crippen LogP contribution is -3.19. The van der Waals surface area contributed by atoms with E-state index in [9.17, 15) is 13.2 Å². The number of hydrogen-bond acceptors (Lipinski definition) is 3. The van der Waals surface area contributed by atoms with Crippen LogP contribution in [0.15, 0.2) is 59.5 Å². The number of nitrogens with one attached hydrogen (secondary N) is 2. The van der Waals surface area contributed by atoms with Crippen LogP contribution < -0.4 is 10.2 Å². The van der Waals surface area contributed by atoms with Gasteiger partial charge in [0.05, 0.1) is 31.1 Å². The van der Waals surface area contributed by atoms with Gasteiger partial charge in [0, 0.05) is 5.69 Å². The average molecular weight is 417 g/mol. The molecule has 0 spiro atoms. The second-order valence-corrected chi connectivity index (χ2v) is 9.80. The van der Waals surface area contributed by atoms with Crippen molar-refractivity contribution in [3.8, 4) is 0 Å². The molecule has 6 nitrogen and oxygen atoms in total. The third kappa shape index (κ3) is 5.04. The zero-order valence-corrected chi connectivity index (χ0v) is 18.1. The fourth-order valence-corrected chi connectivity index (χ4v) is 5.02. The minimum absolute atomic E-state index is 0.0493. The maximum absolute atomic E-state index is 13.0. The van der Waals surface area contributed by atoms with Crippen molar-refractivity contribution >= 4 is 21.6 Å². The number of carbonyl (C=O) groups excluding carboxylic acids is 1. The van der Waals surface area contributed by atoms with Gasteiger partial charge in [-0.1, -0.05) is 44.2 Å². The van der Waals surface area contributed by atoms with Crippen LogP contribution >= 0.6 is 0 Å². The molecule has 1 heterocycles. The molecule has 0 aliphatic carbocycles. The number of rotatable bonds is 6. The van der Waals surface area contributed by atoms with Crippen LogP contribution in [0.25, 0.3) is 0 Å². The zero-order chi connectivity index (χ0) is 21.0. The highest BCUT2D eigenvalue weighted by atomic mass is 32.2. The smallest absolute Gasteiger partial charge is 0.282 e. The van der Waals surface area contributed by atoms with E-state index in [1.165, 1.54) is 4.31 Å². The number of nitrogens with zero attached hydrogens (tertiary/aromatic N) is 1. The van der Waals surface area contributed by atoms with E-state index in [0.717, 1.165) is 16.2 Å². The molecule has 1 fully saturated rings. The standard InChI is InChI=1S/C22H29N3O3S/c1-17(2)19-9-11-21(12-10-19)29(27,28)25-15-13-24(14-16-25)18(3)22(26)23-20-7-5-4-6-8-20/h4-12,17-18H,13-16H2,1-3H3,(H,23,26)/p+1/t18-/m0/s1. The topological polar surface area (TPSA) is 70.9 Å². The van der Waals surface area contributed by atoms with E-state index < -0.39 is 10.0 Å². The molecule has 29 heavy (non-hydrogen) atoms. The van der Waals surface area contributed by atoms with Crippen LogP contribution in [0.1, 0.15) is 32.3 Å². The SMILES string of the molecule is CC(C)c1ccc(S(=O)(=O)N2CC[NH+]([C@@H](C)C(=O)Nc3ccccc3)CC2)cc1. The van der Waals surface area contributed by atoms with Gasteiger partial charge in [-0.2, -0.15) is 4.31 Å². The van der Waals surface area contributed by atoms with E-state index >= 15 is 0 Å². The Labute approximate surface area is 173 Å². The average Bonchev–Trinajstić information content (AvgIpc) is 2.74.